The van der Waals surface area contributed by atoms with Crippen LogP contribution in [0.25, 0.3) is 11.5 Å². The van der Waals surface area contributed by atoms with Crippen molar-refractivity contribution < 1.29 is 20.1 Å². The number of amides is 1. The lowest BCUT2D eigenvalue weighted by Crippen LogP contribution is -2.18. The molecule has 0 aliphatic heterocycles. The topological polar surface area (TPSA) is 73.6 Å². The summed E-state index contributed by atoms with van der Waals surface area (Å²) in [6.45, 7) is 6.56. The molecule has 0 bridgehead atoms. The van der Waals surface area contributed by atoms with Crippen molar-refractivity contribution in [1.29, 1.82) is 0 Å². The first-order valence-electron chi connectivity index (χ1n) is 7.49. The Morgan fingerprint density at radius 2 is 2.17 bits per heavy atom. The van der Waals surface area contributed by atoms with Crippen LogP contribution in [0.4, 0.5) is 0 Å². The van der Waals surface area contributed by atoms with Gasteiger partial charge in [-0.1, -0.05) is 13.8 Å². The quantitative estimate of drug-likeness (QED) is 0.847. The largest absolute Gasteiger partial charge is 0.493 e. The van der Waals surface area contributed by atoms with Crippen molar-refractivity contribution in [2.75, 3.05) is 13.7 Å². The fraction of sp³-hybridized carbons (Fsp3) is 0.412. The molecule has 1 aromatic carbocycles. The van der Waals surface area contributed by atoms with Crippen LogP contribution in [0.2, 0.25) is 0 Å². The van der Waals surface area contributed by atoms with Crippen molar-refractivity contribution in [3.8, 4) is 23.0 Å². The second-order valence-electron chi connectivity index (χ2n) is 5.62. The molecule has 0 saturated carbocycles. The monoisotopic (exact) mass is 320 g/mol. The van der Waals surface area contributed by atoms with Crippen LogP contribution >= 0.6 is 0 Å². The Morgan fingerprint density at radius 3 is 2.83 bits per heavy atom. The summed E-state index contributed by atoms with van der Waals surface area (Å²) in [5.41, 5.74) is 1.45. The van der Waals surface area contributed by atoms with Crippen molar-refractivity contribution in [3.05, 3.63) is 30.2 Å². The summed E-state index contributed by atoms with van der Waals surface area (Å²) >= 11 is 0. The molecule has 0 fully saturated rings. The average Bonchev–Trinajstić information content (AvgIpc) is 2.99. The van der Waals surface area contributed by atoms with Gasteiger partial charge in [-0.2, -0.15) is 0 Å². The van der Waals surface area contributed by atoms with Gasteiger partial charge in [0, 0.05) is 13.9 Å². The van der Waals surface area contributed by atoms with E-state index in [2.05, 4.69) is 24.1 Å². The van der Waals surface area contributed by atoms with E-state index in [1.807, 2.05) is 18.2 Å². The van der Waals surface area contributed by atoms with E-state index in [0.29, 0.717) is 42.2 Å². The Kier molecular flexibility index (Phi) is 5.62. The molecule has 0 aliphatic carbocycles. The van der Waals surface area contributed by atoms with Crippen molar-refractivity contribution >= 4 is 5.91 Å². The summed E-state index contributed by atoms with van der Waals surface area (Å²) in [7, 11) is 1.61. The third-order valence-corrected chi connectivity index (χ3v) is 3.05. The number of nitrogens with one attached hydrogen (secondary N) is 1. The van der Waals surface area contributed by atoms with Gasteiger partial charge in [0.2, 0.25) is 11.8 Å². The molecule has 1 amide bonds. The van der Waals surface area contributed by atoms with Crippen LogP contribution in [0.1, 0.15) is 27.9 Å². The minimum atomic E-state index is -0.108. The summed E-state index contributed by atoms with van der Waals surface area (Å²) in [5, 5.41) is 2.68. The lowest BCUT2D eigenvalue weighted by molar-refractivity contribution is -0.119. The van der Waals surface area contributed by atoms with Crippen LogP contribution < -0.4 is 14.8 Å². The van der Waals surface area contributed by atoms with Crippen LogP contribution in [0.3, 0.4) is 0 Å². The summed E-state index contributed by atoms with van der Waals surface area (Å²) in [4.78, 5) is 15.3. The van der Waals surface area contributed by atoms with Gasteiger partial charge in [0.15, 0.2) is 11.5 Å². The zero-order valence-electron chi connectivity index (χ0n) is 13.9. The standard InChI is InChI=1S/C17H22N2O4.H2/c1-11(2)9-22-16-7-13(5-6-15(16)21-4)17-19-14(10-23-17)8-18-12(3)20;/h5-7,10-11H,8-9H2,1-4H3,(H,18,20);1H. The van der Waals surface area contributed by atoms with E-state index < -0.39 is 0 Å². The van der Waals surface area contributed by atoms with E-state index >= 15 is 0 Å². The maximum absolute atomic E-state index is 10.9. The molecular formula is C17H24N2O4. The molecule has 0 unspecified atom stereocenters. The van der Waals surface area contributed by atoms with E-state index in [1.165, 1.54) is 13.2 Å². The fourth-order valence-corrected chi connectivity index (χ4v) is 1.91. The highest BCUT2D eigenvalue weighted by Gasteiger charge is 2.12. The van der Waals surface area contributed by atoms with E-state index in [-0.39, 0.29) is 7.33 Å². The number of hydrogen-bond donors (Lipinski definition) is 1. The SMILES string of the molecule is COc1ccc(-c2nc(CNC(C)=O)co2)cc1OCC(C)C.[HH]. The number of rotatable bonds is 7. The van der Waals surface area contributed by atoms with Crippen LogP contribution in [0, 0.1) is 5.92 Å². The van der Waals surface area contributed by atoms with E-state index in [1.54, 1.807) is 7.11 Å². The maximum Gasteiger partial charge on any atom is 0.226 e. The van der Waals surface area contributed by atoms with Gasteiger partial charge in [0.05, 0.1) is 26.0 Å². The molecule has 126 valence electrons. The number of aromatic nitrogens is 1. The molecule has 0 spiro atoms. The van der Waals surface area contributed by atoms with Gasteiger partial charge in [0.1, 0.15) is 6.26 Å². The van der Waals surface area contributed by atoms with E-state index in [4.69, 9.17) is 13.9 Å². The first kappa shape index (κ1) is 16.9. The van der Waals surface area contributed by atoms with E-state index in [9.17, 15) is 4.79 Å². The predicted octanol–water partition coefficient (Wildman–Crippen LogP) is 3.27. The third-order valence-electron chi connectivity index (χ3n) is 3.05. The van der Waals surface area contributed by atoms with Gasteiger partial charge in [-0.25, -0.2) is 4.98 Å². The van der Waals surface area contributed by atoms with Crippen LogP contribution in [0.5, 0.6) is 11.5 Å². The Labute approximate surface area is 137 Å². The van der Waals surface area contributed by atoms with Gasteiger partial charge in [-0.05, 0) is 24.1 Å². The number of carbonyl (C=O) groups excluding carboxylic acids is 1. The summed E-state index contributed by atoms with van der Waals surface area (Å²) in [6.07, 6.45) is 1.53. The predicted molar refractivity (Wildman–Crippen MR) is 88.5 cm³/mol. The van der Waals surface area contributed by atoms with Crippen LogP contribution in [0.15, 0.2) is 28.9 Å². The molecule has 1 N–H and O–H groups in total. The fourth-order valence-electron chi connectivity index (χ4n) is 1.91. The zero-order chi connectivity index (χ0) is 16.8. The van der Waals surface area contributed by atoms with Crippen molar-refractivity contribution in [3.63, 3.8) is 0 Å². The first-order chi connectivity index (χ1) is 11.0. The summed E-state index contributed by atoms with van der Waals surface area (Å²) in [6, 6.07) is 5.52. The highest BCUT2D eigenvalue weighted by atomic mass is 16.5. The molecule has 1 aromatic heterocycles. The molecule has 0 saturated heterocycles. The molecule has 0 aliphatic rings. The molecular weight excluding hydrogens is 296 g/mol. The lowest BCUT2D eigenvalue weighted by atomic mass is 10.2. The number of methoxy groups -OCH3 is 1. The Hall–Kier alpha value is -2.50. The third kappa shape index (κ3) is 4.74. The minimum Gasteiger partial charge on any atom is -0.493 e. The van der Waals surface area contributed by atoms with Crippen LogP contribution in [-0.2, 0) is 11.3 Å². The number of benzene rings is 1. The van der Waals surface area contributed by atoms with E-state index in [0.717, 1.165) is 5.56 Å². The molecule has 6 nitrogen and oxygen atoms in total. The van der Waals surface area contributed by atoms with Crippen LogP contribution in [-0.4, -0.2) is 24.6 Å². The molecule has 2 aromatic rings. The van der Waals surface area contributed by atoms with Crippen molar-refractivity contribution in [1.82, 2.24) is 10.3 Å². The van der Waals surface area contributed by atoms with Gasteiger partial charge in [-0.15, -0.1) is 0 Å². The molecule has 1 heterocycles. The number of nitrogens with zero attached hydrogens (tertiary/aromatic N) is 1. The molecule has 6 heteroatoms. The number of hydrogen-bond acceptors (Lipinski definition) is 5. The van der Waals surface area contributed by atoms with Gasteiger partial charge < -0.3 is 19.2 Å². The Morgan fingerprint density at radius 1 is 1.39 bits per heavy atom. The number of carbonyl (C=O) groups is 1. The molecule has 23 heavy (non-hydrogen) atoms. The molecule has 2 rings (SSSR count). The second kappa shape index (κ2) is 7.67. The van der Waals surface area contributed by atoms with Gasteiger partial charge in [0.25, 0.3) is 0 Å². The maximum atomic E-state index is 10.9. The minimum absolute atomic E-state index is 0. The number of ether oxygens (including phenoxy) is 2. The van der Waals surface area contributed by atoms with Crippen molar-refractivity contribution in [2.45, 2.75) is 27.3 Å². The average molecular weight is 320 g/mol. The molecule has 0 radical (unpaired) electrons. The summed E-state index contributed by atoms with van der Waals surface area (Å²) in [5.74, 6) is 2.10. The Bertz CT molecular complexity index is 670. The highest BCUT2D eigenvalue weighted by molar-refractivity contribution is 5.72. The highest BCUT2D eigenvalue weighted by Crippen LogP contribution is 2.32. The molecule has 0 atom stereocenters. The number of oxazole rings is 1. The van der Waals surface area contributed by atoms with Crippen molar-refractivity contribution in [2.24, 2.45) is 5.92 Å². The van der Waals surface area contributed by atoms with Gasteiger partial charge in [-0.3, -0.25) is 4.79 Å². The van der Waals surface area contributed by atoms with Gasteiger partial charge >= 0.3 is 0 Å². The normalized spacial score (nSPS) is 10.7. The zero-order valence-corrected chi connectivity index (χ0v) is 13.9. The second-order valence-corrected chi connectivity index (χ2v) is 5.62. The summed E-state index contributed by atoms with van der Waals surface area (Å²) < 4.78 is 16.6. The Balaban J connectivity index is 0.00000288. The smallest absolute Gasteiger partial charge is 0.226 e. The lowest BCUT2D eigenvalue weighted by Gasteiger charge is -2.13. The first-order valence-corrected chi connectivity index (χ1v) is 7.49.